The number of aryl methyl sites for hydroxylation is 1. The number of nitrogens with zero attached hydrogens (tertiary/aromatic N) is 4. The van der Waals surface area contributed by atoms with Crippen LogP contribution in [0.3, 0.4) is 0 Å². The van der Waals surface area contributed by atoms with Crippen LogP contribution in [0.5, 0.6) is 0 Å². The predicted octanol–water partition coefficient (Wildman–Crippen LogP) is 1.23. The fourth-order valence-electron chi connectivity index (χ4n) is 3.07. The van der Waals surface area contributed by atoms with Crippen molar-refractivity contribution in [2.24, 2.45) is 0 Å². The summed E-state index contributed by atoms with van der Waals surface area (Å²) in [4.78, 5) is 27.6. The summed E-state index contributed by atoms with van der Waals surface area (Å²) in [7, 11) is 0. The van der Waals surface area contributed by atoms with Crippen LogP contribution in [0.15, 0.2) is 36.5 Å². The smallest absolute Gasteiger partial charge is 0.325 e. The zero-order valence-corrected chi connectivity index (χ0v) is 14.3. The van der Waals surface area contributed by atoms with Crippen LogP contribution in [0.25, 0.3) is 0 Å². The first-order valence-electron chi connectivity index (χ1n) is 8.34. The molecule has 0 saturated carbocycles. The molecular weight excluding hydrogens is 320 g/mol. The Kier molecular flexibility index (Phi) is 5.14. The zero-order chi connectivity index (χ0) is 17.8. The Morgan fingerprint density at radius 2 is 1.84 bits per heavy atom. The van der Waals surface area contributed by atoms with E-state index in [0.29, 0.717) is 18.8 Å². The molecule has 1 amide bonds. The highest BCUT2D eigenvalue weighted by atomic mass is 16.4. The molecule has 1 saturated heterocycles. The molecule has 1 aromatic carbocycles. The average Bonchev–Trinajstić information content (AvgIpc) is 3.04. The van der Waals surface area contributed by atoms with Crippen molar-refractivity contribution in [2.75, 3.05) is 26.2 Å². The summed E-state index contributed by atoms with van der Waals surface area (Å²) in [5.41, 5.74) is 2.91. The number of benzene rings is 1. The third-order valence-corrected chi connectivity index (χ3v) is 4.54. The number of rotatable bonds is 5. The molecule has 0 atom stereocenters. The summed E-state index contributed by atoms with van der Waals surface area (Å²) in [5, 5.41) is 12.8. The number of piperazine rings is 1. The van der Waals surface area contributed by atoms with Crippen LogP contribution in [0.4, 0.5) is 0 Å². The second kappa shape index (κ2) is 7.48. The van der Waals surface area contributed by atoms with Gasteiger partial charge in [-0.2, -0.15) is 5.10 Å². The van der Waals surface area contributed by atoms with Crippen molar-refractivity contribution in [1.82, 2.24) is 19.6 Å². The Balaban J connectivity index is 1.59. The molecule has 0 aliphatic carbocycles. The minimum Gasteiger partial charge on any atom is -0.480 e. The summed E-state index contributed by atoms with van der Waals surface area (Å²) in [6.07, 6.45) is 1.46. The van der Waals surface area contributed by atoms with E-state index in [4.69, 9.17) is 5.11 Å². The van der Waals surface area contributed by atoms with Crippen LogP contribution in [0.1, 0.15) is 21.6 Å². The summed E-state index contributed by atoms with van der Waals surface area (Å²) in [5.74, 6) is -1.17. The van der Waals surface area contributed by atoms with Gasteiger partial charge in [0.15, 0.2) is 0 Å². The lowest BCUT2D eigenvalue weighted by Gasteiger charge is -2.35. The van der Waals surface area contributed by atoms with E-state index in [2.05, 4.69) is 29.1 Å². The number of amides is 1. The molecule has 0 spiro atoms. The van der Waals surface area contributed by atoms with Gasteiger partial charge >= 0.3 is 5.97 Å². The second-order valence-corrected chi connectivity index (χ2v) is 6.26. The lowest BCUT2D eigenvalue weighted by atomic mass is 10.1. The first-order chi connectivity index (χ1) is 12.0. The second-order valence-electron chi connectivity index (χ2n) is 6.26. The summed E-state index contributed by atoms with van der Waals surface area (Å²) < 4.78 is 1.24. The van der Waals surface area contributed by atoms with Gasteiger partial charge in [0, 0.05) is 38.9 Å². The molecule has 7 nitrogen and oxygen atoms in total. The quantitative estimate of drug-likeness (QED) is 0.884. The van der Waals surface area contributed by atoms with Crippen LogP contribution in [-0.4, -0.2) is 62.7 Å². The third kappa shape index (κ3) is 4.06. The molecule has 3 rings (SSSR count). The van der Waals surface area contributed by atoms with Crippen molar-refractivity contribution in [3.63, 3.8) is 0 Å². The Hall–Kier alpha value is -2.67. The van der Waals surface area contributed by atoms with Gasteiger partial charge in [-0.25, -0.2) is 4.68 Å². The van der Waals surface area contributed by atoms with Gasteiger partial charge in [0.25, 0.3) is 5.91 Å². The molecule has 25 heavy (non-hydrogen) atoms. The first-order valence-corrected chi connectivity index (χ1v) is 8.34. The van der Waals surface area contributed by atoms with Crippen LogP contribution in [0.2, 0.25) is 0 Å². The van der Waals surface area contributed by atoms with Crippen molar-refractivity contribution in [3.05, 3.63) is 53.3 Å². The van der Waals surface area contributed by atoms with E-state index in [1.54, 1.807) is 11.0 Å². The number of carboxylic acids is 1. The van der Waals surface area contributed by atoms with Crippen LogP contribution in [0, 0.1) is 6.92 Å². The predicted molar refractivity (Wildman–Crippen MR) is 92.2 cm³/mol. The molecular formula is C18H22N4O3. The fraction of sp³-hybridized carbons (Fsp3) is 0.389. The minimum atomic E-state index is -1.01. The highest BCUT2D eigenvalue weighted by Gasteiger charge is 2.25. The maximum Gasteiger partial charge on any atom is 0.325 e. The van der Waals surface area contributed by atoms with Gasteiger partial charge in [0.05, 0.1) is 0 Å². The molecule has 1 aliphatic rings. The lowest BCUT2D eigenvalue weighted by Crippen LogP contribution is -2.48. The van der Waals surface area contributed by atoms with Gasteiger partial charge < -0.3 is 10.0 Å². The molecule has 2 aromatic rings. The molecule has 1 fully saturated rings. The SMILES string of the molecule is Cc1ccccc1CN1CCN(C(=O)c2ccnn2CC(=O)O)CC1. The van der Waals surface area contributed by atoms with Gasteiger partial charge in [-0.3, -0.25) is 14.5 Å². The standard InChI is InChI=1S/C18H22N4O3/c1-14-4-2-3-5-15(14)12-20-8-10-21(11-9-20)18(25)16-6-7-19-22(16)13-17(23)24/h2-7H,8-13H2,1H3,(H,23,24). The number of carbonyl (C=O) groups is 2. The van der Waals surface area contributed by atoms with Crippen molar-refractivity contribution >= 4 is 11.9 Å². The van der Waals surface area contributed by atoms with Crippen LogP contribution in [-0.2, 0) is 17.9 Å². The molecule has 0 bridgehead atoms. The van der Waals surface area contributed by atoms with Crippen molar-refractivity contribution in [2.45, 2.75) is 20.0 Å². The van der Waals surface area contributed by atoms with Crippen molar-refractivity contribution < 1.29 is 14.7 Å². The Morgan fingerprint density at radius 1 is 1.12 bits per heavy atom. The Labute approximate surface area is 146 Å². The highest BCUT2D eigenvalue weighted by molar-refractivity contribution is 5.93. The van der Waals surface area contributed by atoms with Crippen molar-refractivity contribution in [1.29, 1.82) is 0 Å². The Morgan fingerprint density at radius 3 is 2.52 bits per heavy atom. The molecule has 2 heterocycles. The zero-order valence-electron chi connectivity index (χ0n) is 14.3. The number of hydrogen-bond donors (Lipinski definition) is 1. The maximum atomic E-state index is 12.6. The van der Waals surface area contributed by atoms with E-state index in [1.165, 1.54) is 22.0 Å². The largest absolute Gasteiger partial charge is 0.480 e. The summed E-state index contributed by atoms with van der Waals surface area (Å²) in [6.45, 7) is 5.54. The van der Waals surface area contributed by atoms with Gasteiger partial charge in [0.1, 0.15) is 12.2 Å². The molecule has 0 radical (unpaired) electrons. The number of aliphatic carboxylic acids is 1. The molecule has 0 unspecified atom stereocenters. The minimum absolute atomic E-state index is 0.158. The molecule has 1 aromatic heterocycles. The number of carbonyl (C=O) groups excluding carboxylic acids is 1. The van der Waals surface area contributed by atoms with Gasteiger partial charge in [-0.15, -0.1) is 0 Å². The van der Waals surface area contributed by atoms with E-state index < -0.39 is 5.97 Å². The van der Waals surface area contributed by atoms with Gasteiger partial charge in [0.2, 0.25) is 0 Å². The fourth-order valence-corrected chi connectivity index (χ4v) is 3.07. The Bertz CT molecular complexity index is 763. The average molecular weight is 342 g/mol. The van der Waals surface area contributed by atoms with E-state index in [9.17, 15) is 9.59 Å². The number of carboxylic acid groups (broad SMARTS) is 1. The van der Waals surface area contributed by atoms with Crippen molar-refractivity contribution in [3.8, 4) is 0 Å². The topological polar surface area (TPSA) is 78.7 Å². The van der Waals surface area contributed by atoms with Crippen LogP contribution < -0.4 is 0 Å². The first kappa shape index (κ1) is 17.2. The van der Waals surface area contributed by atoms with E-state index in [-0.39, 0.29) is 12.5 Å². The highest BCUT2D eigenvalue weighted by Crippen LogP contribution is 2.14. The maximum absolute atomic E-state index is 12.6. The molecule has 132 valence electrons. The summed E-state index contributed by atoms with van der Waals surface area (Å²) in [6, 6.07) is 9.91. The number of hydrogen-bond acceptors (Lipinski definition) is 4. The molecule has 1 aliphatic heterocycles. The summed E-state index contributed by atoms with van der Waals surface area (Å²) >= 11 is 0. The molecule has 7 heteroatoms. The third-order valence-electron chi connectivity index (χ3n) is 4.54. The van der Waals surface area contributed by atoms with E-state index in [1.807, 2.05) is 12.1 Å². The lowest BCUT2D eigenvalue weighted by molar-refractivity contribution is -0.137. The van der Waals surface area contributed by atoms with Gasteiger partial charge in [-0.05, 0) is 24.1 Å². The molecule has 1 N–H and O–H groups in total. The monoisotopic (exact) mass is 342 g/mol. The van der Waals surface area contributed by atoms with E-state index in [0.717, 1.165) is 19.6 Å². The van der Waals surface area contributed by atoms with E-state index >= 15 is 0 Å². The van der Waals surface area contributed by atoms with Gasteiger partial charge in [-0.1, -0.05) is 24.3 Å². The normalized spacial score (nSPS) is 15.3. The number of aromatic nitrogens is 2. The van der Waals surface area contributed by atoms with Crippen LogP contribution >= 0.6 is 0 Å².